The van der Waals surface area contributed by atoms with Gasteiger partial charge in [0.25, 0.3) is 0 Å². The van der Waals surface area contributed by atoms with Crippen molar-refractivity contribution in [3.63, 3.8) is 0 Å². The molecule has 0 aromatic heterocycles. The Labute approximate surface area is 117 Å². The van der Waals surface area contributed by atoms with Crippen molar-refractivity contribution in [3.05, 3.63) is 23.8 Å². The Morgan fingerprint density at radius 2 is 2.10 bits per heavy atom. The zero-order valence-corrected chi connectivity index (χ0v) is 11.6. The van der Waals surface area contributed by atoms with Gasteiger partial charge >= 0.3 is 5.97 Å². The Morgan fingerprint density at radius 1 is 1.35 bits per heavy atom. The van der Waals surface area contributed by atoms with Crippen molar-refractivity contribution >= 4 is 17.6 Å². The van der Waals surface area contributed by atoms with Crippen LogP contribution >= 0.6 is 0 Å². The van der Waals surface area contributed by atoms with E-state index in [1.165, 1.54) is 25.3 Å². The monoisotopic (exact) mass is 281 g/mol. The summed E-state index contributed by atoms with van der Waals surface area (Å²) in [6.07, 6.45) is 0.918. The predicted molar refractivity (Wildman–Crippen MR) is 74.3 cm³/mol. The molecule has 20 heavy (non-hydrogen) atoms. The maximum atomic E-state index is 11.8. The summed E-state index contributed by atoms with van der Waals surface area (Å²) in [7, 11) is 1.46. The van der Waals surface area contributed by atoms with Gasteiger partial charge in [-0.15, -0.1) is 0 Å². The zero-order valence-electron chi connectivity index (χ0n) is 11.6. The van der Waals surface area contributed by atoms with Crippen molar-refractivity contribution in [3.8, 4) is 5.75 Å². The first-order valence-electron chi connectivity index (χ1n) is 6.37. The van der Waals surface area contributed by atoms with E-state index in [0.717, 1.165) is 0 Å². The molecule has 0 saturated heterocycles. The fraction of sp³-hybridized carbons (Fsp3) is 0.429. The lowest BCUT2D eigenvalue weighted by atomic mass is 10.2. The minimum absolute atomic E-state index is 0.0930. The number of carbonyl (C=O) groups excluding carboxylic acids is 1. The third-order valence-corrected chi connectivity index (χ3v) is 2.62. The first-order valence-corrected chi connectivity index (χ1v) is 6.37. The fourth-order valence-corrected chi connectivity index (χ4v) is 1.63. The molecule has 110 valence electrons. The predicted octanol–water partition coefficient (Wildman–Crippen LogP) is 2.15. The zero-order chi connectivity index (χ0) is 15.0. The normalized spacial score (nSPS) is 10.1. The van der Waals surface area contributed by atoms with E-state index in [2.05, 4.69) is 5.32 Å². The van der Waals surface area contributed by atoms with E-state index in [9.17, 15) is 9.59 Å². The van der Waals surface area contributed by atoms with Crippen molar-refractivity contribution in [2.24, 2.45) is 0 Å². The SMILES string of the molecule is CCOCCCC(=O)Nc1cc(C(=O)O)ccc1OC. The van der Waals surface area contributed by atoms with Crippen LogP contribution in [0.4, 0.5) is 5.69 Å². The number of carboxylic acids is 1. The maximum absolute atomic E-state index is 11.8. The van der Waals surface area contributed by atoms with Crippen molar-refractivity contribution in [1.29, 1.82) is 0 Å². The summed E-state index contributed by atoms with van der Waals surface area (Å²) in [5, 5.41) is 11.6. The minimum Gasteiger partial charge on any atom is -0.495 e. The van der Waals surface area contributed by atoms with Gasteiger partial charge in [0.15, 0.2) is 0 Å². The number of rotatable bonds is 8. The maximum Gasteiger partial charge on any atom is 0.335 e. The molecule has 0 atom stereocenters. The van der Waals surface area contributed by atoms with Crippen LogP contribution in [0.5, 0.6) is 5.75 Å². The Hall–Kier alpha value is -2.08. The van der Waals surface area contributed by atoms with Crippen LogP contribution in [0.3, 0.4) is 0 Å². The number of hydrogen-bond donors (Lipinski definition) is 2. The van der Waals surface area contributed by atoms with Gasteiger partial charge in [0, 0.05) is 19.6 Å². The molecule has 0 bridgehead atoms. The van der Waals surface area contributed by atoms with Crippen LogP contribution in [0.25, 0.3) is 0 Å². The lowest BCUT2D eigenvalue weighted by Crippen LogP contribution is -2.13. The molecular weight excluding hydrogens is 262 g/mol. The molecule has 1 rings (SSSR count). The number of carboxylic acid groups (broad SMARTS) is 1. The van der Waals surface area contributed by atoms with E-state index in [0.29, 0.717) is 37.5 Å². The number of hydrogen-bond acceptors (Lipinski definition) is 4. The van der Waals surface area contributed by atoms with Crippen LogP contribution in [0.2, 0.25) is 0 Å². The number of nitrogens with one attached hydrogen (secondary N) is 1. The summed E-state index contributed by atoms with van der Waals surface area (Å²) < 4.78 is 10.2. The van der Waals surface area contributed by atoms with Crippen molar-refractivity contribution in [2.75, 3.05) is 25.6 Å². The lowest BCUT2D eigenvalue weighted by molar-refractivity contribution is -0.116. The first-order chi connectivity index (χ1) is 9.58. The third-order valence-electron chi connectivity index (χ3n) is 2.62. The van der Waals surface area contributed by atoms with Crippen LogP contribution in [-0.4, -0.2) is 37.3 Å². The first kappa shape index (κ1) is 16.0. The molecule has 0 saturated carbocycles. The minimum atomic E-state index is -1.06. The fourth-order valence-electron chi connectivity index (χ4n) is 1.63. The molecule has 0 heterocycles. The molecule has 0 fully saturated rings. The molecular formula is C14H19NO5. The van der Waals surface area contributed by atoms with Crippen LogP contribution in [0, 0.1) is 0 Å². The molecule has 0 radical (unpaired) electrons. The molecule has 2 N–H and O–H groups in total. The number of carbonyl (C=O) groups is 2. The molecule has 1 aromatic carbocycles. The Kier molecular flexibility index (Phi) is 6.52. The summed E-state index contributed by atoms with van der Waals surface area (Å²) in [5.74, 6) is -0.835. The van der Waals surface area contributed by atoms with Crippen molar-refractivity contribution in [2.45, 2.75) is 19.8 Å². The van der Waals surface area contributed by atoms with Gasteiger partial charge in [0.05, 0.1) is 18.4 Å². The van der Waals surface area contributed by atoms with Gasteiger partial charge in [0.2, 0.25) is 5.91 Å². The van der Waals surface area contributed by atoms with Gasteiger partial charge in [0.1, 0.15) is 5.75 Å². The largest absolute Gasteiger partial charge is 0.495 e. The number of ether oxygens (including phenoxy) is 2. The smallest absolute Gasteiger partial charge is 0.335 e. The highest BCUT2D eigenvalue weighted by atomic mass is 16.5. The van der Waals surface area contributed by atoms with Gasteiger partial charge in [-0.3, -0.25) is 4.79 Å². The number of amides is 1. The number of benzene rings is 1. The average molecular weight is 281 g/mol. The standard InChI is InChI=1S/C14H19NO5/c1-3-20-8-4-5-13(16)15-11-9-10(14(17)18)6-7-12(11)19-2/h6-7,9H,3-5,8H2,1-2H3,(H,15,16)(H,17,18). The highest BCUT2D eigenvalue weighted by Crippen LogP contribution is 2.25. The summed E-state index contributed by atoms with van der Waals surface area (Å²) in [5.41, 5.74) is 0.448. The summed E-state index contributed by atoms with van der Waals surface area (Å²) >= 11 is 0. The Balaban J connectivity index is 2.67. The number of aromatic carboxylic acids is 1. The number of anilines is 1. The van der Waals surface area contributed by atoms with E-state index in [1.54, 1.807) is 0 Å². The van der Waals surface area contributed by atoms with Crippen molar-refractivity contribution < 1.29 is 24.2 Å². The molecule has 1 amide bonds. The van der Waals surface area contributed by atoms with Gasteiger partial charge < -0.3 is 19.9 Å². The Bertz CT molecular complexity index is 473. The van der Waals surface area contributed by atoms with Gasteiger partial charge in [-0.05, 0) is 31.5 Å². The molecule has 0 spiro atoms. The molecule has 0 aliphatic rings. The van der Waals surface area contributed by atoms with Crippen LogP contribution in [-0.2, 0) is 9.53 Å². The highest BCUT2D eigenvalue weighted by molar-refractivity contribution is 5.95. The lowest BCUT2D eigenvalue weighted by Gasteiger charge is -2.11. The van der Waals surface area contributed by atoms with Crippen LogP contribution < -0.4 is 10.1 Å². The van der Waals surface area contributed by atoms with Gasteiger partial charge in [-0.1, -0.05) is 0 Å². The second-order valence-electron chi connectivity index (χ2n) is 4.07. The van der Waals surface area contributed by atoms with E-state index < -0.39 is 5.97 Å². The van der Waals surface area contributed by atoms with Gasteiger partial charge in [-0.2, -0.15) is 0 Å². The second-order valence-corrected chi connectivity index (χ2v) is 4.07. The van der Waals surface area contributed by atoms with E-state index in [-0.39, 0.29) is 11.5 Å². The molecule has 0 aliphatic heterocycles. The third kappa shape index (κ3) is 4.89. The molecule has 6 nitrogen and oxygen atoms in total. The van der Waals surface area contributed by atoms with E-state index in [4.69, 9.17) is 14.6 Å². The van der Waals surface area contributed by atoms with Crippen LogP contribution in [0.1, 0.15) is 30.1 Å². The summed E-state index contributed by atoms with van der Waals surface area (Å²) in [6.45, 7) is 3.04. The molecule has 0 aliphatic carbocycles. The summed E-state index contributed by atoms with van der Waals surface area (Å²) in [6, 6.07) is 4.31. The topological polar surface area (TPSA) is 84.9 Å². The molecule has 0 unspecified atom stereocenters. The van der Waals surface area contributed by atoms with Gasteiger partial charge in [-0.25, -0.2) is 4.79 Å². The quantitative estimate of drug-likeness (QED) is 0.713. The van der Waals surface area contributed by atoms with E-state index in [1.807, 2.05) is 6.92 Å². The van der Waals surface area contributed by atoms with E-state index >= 15 is 0 Å². The average Bonchev–Trinajstić information content (AvgIpc) is 2.43. The second kappa shape index (κ2) is 8.16. The highest BCUT2D eigenvalue weighted by Gasteiger charge is 2.11. The number of methoxy groups -OCH3 is 1. The van der Waals surface area contributed by atoms with Crippen molar-refractivity contribution in [1.82, 2.24) is 0 Å². The molecule has 1 aromatic rings. The molecule has 6 heteroatoms. The Morgan fingerprint density at radius 3 is 2.70 bits per heavy atom. The summed E-state index contributed by atoms with van der Waals surface area (Å²) in [4.78, 5) is 22.7. The van der Waals surface area contributed by atoms with Crippen LogP contribution in [0.15, 0.2) is 18.2 Å².